The van der Waals surface area contributed by atoms with E-state index in [1.165, 1.54) is 24.8 Å². The van der Waals surface area contributed by atoms with Crippen molar-refractivity contribution in [1.82, 2.24) is 30.2 Å². The van der Waals surface area contributed by atoms with Gasteiger partial charge in [0.2, 0.25) is 0 Å². The molecule has 1 aliphatic carbocycles. The number of benzene rings is 1. The van der Waals surface area contributed by atoms with Crippen molar-refractivity contribution in [3.8, 4) is 11.4 Å². The number of aromatic amines is 1. The molecule has 2 aliphatic rings. The minimum absolute atomic E-state index is 0.332. The van der Waals surface area contributed by atoms with Gasteiger partial charge in [-0.1, -0.05) is 31.5 Å². The average Bonchev–Trinajstić information content (AvgIpc) is 3.40. The molecular weight excluding hydrogens is 422 g/mol. The maximum absolute atomic E-state index is 5.19. The lowest BCUT2D eigenvalue weighted by Gasteiger charge is -2.28. The zero-order valence-electron chi connectivity index (χ0n) is 19.2. The Morgan fingerprint density at radius 1 is 1.00 bits per heavy atom. The van der Waals surface area contributed by atoms with E-state index in [0.29, 0.717) is 23.7 Å². The van der Waals surface area contributed by atoms with Crippen LogP contribution in [0, 0.1) is 5.92 Å². The molecule has 7 rings (SSSR count). The van der Waals surface area contributed by atoms with Gasteiger partial charge in [-0.3, -0.25) is 4.98 Å². The highest BCUT2D eigenvalue weighted by Gasteiger charge is 2.28. The van der Waals surface area contributed by atoms with Crippen LogP contribution in [-0.2, 0) is 0 Å². The molecule has 2 fully saturated rings. The van der Waals surface area contributed by atoms with Crippen LogP contribution in [0.1, 0.15) is 37.7 Å². The van der Waals surface area contributed by atoms with Crippen LogP contribution in [0.5, 0.6) is 0 Å². The van der Waals surface area contributed by atoms with E-state index in [4.69, 9.17) is 9.97 Å². The number of anilines is 1. The molecule has 7 heteroatoms. The van der Waals surface area contributed by atoms with Crippen molar-refractivity contribution in [3.05, 3.63) is 54.5 Å². The Balaban J connectivity index is 1.47. The first kappa shape index (κ1) is 19.9. The predicted molar refractivity (Wildman–Crippen MR) is 136 cm³/mol. The van der Waals surface area contributed by atoms with Crippen molar-refractivity contribution in [3.63, 3.8) is 0 Å². The van der Waals surface area contributed by atoms with E-state index < -0.39 is 0 Å². The molecule has 1 aliphatic heterocycles. The Hall–Kier alpha value is -3.58. The van der Waals surface area contributed by atoms with Gasteiger partial charge in [0.05, 0.1) is 11.7 Å². The Morgan fingerprint density at radius 2 is 1.91 bits per heavy atom. The number of hydrogen-bond acceptors (Lipinski definition) is 6. The summed E-state index contributed by atoms with van der Waals surface area (Å²) < 4.78 is 0. The molecule has 0 radical (unpaired) electrons. The van der Waals surface area contributed by atoms with E-state index in [9.17, 15) is 0 Å². The Morgan fingerprint density at radius 3 is 2.74 bits per heavy atom. The van der Waals surface area contributed by atoms with E-state index in [1.54, 1.807) is 0 Å². The number of fused-ring (bicyclic) bond motifs is 4. The fourth-order valence-electron chi connectivity index (χ4n) is 5.49. The fraction of sp³-hybridized carbons (Fsp3) is 0.333. The highest BCUT2D eigenvalue weighted by molar-refractivity contribution is 6.12. The van der Waals surface area contributed by atoms with Crippen LogP contribution in [0.2, 0.25) is 0 Å². The number of nitrogens with one attached hydrogen (secondary N) is 3. The first-order valence-electron chi connectivity index (χ1n) is 12.2. The number of pyridine rings is 2. The lowest BCUT2D eigenvalue weighted by molar-refractivity contribution is 0.421. The predicted octanol–water partition coefficient (Wildman–Crippen LogP) is 5.01. The summed E-state index contributed by atoms with van der Waals surface area (Å²) in [6.07, 6.45) is 9.45. The SMILES string of the molecule is C[C@@H]1CNC[C@@H]1Nc1nc(-c2ccnc3[nH]c4ccccc4c23)nc2cncc(C3CCC3)c12. The van der Waals surface area contributed by atoms with Gasteiger partial charge in [0, 0.05) is 52.2 Å². The number of hydrogen-bond donors (Lipinski definition) is 3. The van der Waals surface area contributed by atoms with Gasteiger partial charge in [-0.25, -0.2) is 15.0 Å². The summed E-state index contributed by atoms with van der Waals surface area (Å²) in [5, 5.41) is 10.6. The summed E-state index contributed by atoms with van der Waals surface area (Å²) in [7, 11) is 0. The van der Waals surface area contributed by atoms with Crippen molar-refractivity contribution < 1.29 is 0 Å². The van der Waals surface area contributed by atoms with Crippen LogP contribution in [0.4, 0.5) is 5.82 Å². The molecule has 2 atom stereocenters. The molecule has 3 N–H and O–H groups in total. The lowest BCUT2D eigenvalue weighted by atomic mass is 9.79. The average molecular weight is 450 g/mol. The summed E-state index contributed by atoms with van der Waals surface area (Å²) >= 11 is 0. The maximum Gasteiger partial charge on any atom is 0.163 e. The fourth-order valence-corrected chi connectivity index (χ4v) is 5.49. The highest BCUT2D eigenvalue weighted by atomic mass is 15.1. The lowest BCUT2D eigenvalue weighted by Crippen LogP contribution is -2.27. The van der Waals surface area contributed by atoms with Gasteiger partial charge in [0.15, 0.2) is 5.82 Å². The van der Waals surface area contributed by atoms with Crippen molar-refractivity contribution in [1.29, 1.82) is 0 Å². The molecule has 5 aromatic rings. The van der Waals surface area contributed by atoms with Crippen molar-refractivity contribution >= 4 is 38.7 Å². The second-order valence-corrected chi connectivity index (χ2v) is 9.79. The minimum atomic E-state index is 0.332. The number of nitrogens with zero attached hydrogens (tertiary/aromatic N) is 4. The molecule has 1 aromatic carbocycles. The van der Waals surface area contributed by atoms with Crippen molar-refractivity contribution in [2.75, 3.05) is 18.4 Å². The molecule has 1 saturated carbocycles. The monoisotopic (exact) mass is 449 g/mol. The first-order chi connectivity index (χ1) is 16.8. The third kappa shape index (κ3) is 3.07. The van der Waals surface area contributed by atoms with E-state index >= 15 is 0 Å². The van der Waals surface area contributed by atoms with Crippen LogP contribution in [0.3, 0.4) is 0 Å². The summed E-state index contributed by atoms with van der Waals surface area (Å²) in [6, 6.07) is 10.7. The second kappa shape index (κ2) is 7.74. The first-order valence-corrected chi connectivity index (χ1v) is 12.2. The molecule has 0 amide bonds. The number of rotatable bonds is 4. The normalized spacial score (nSPS) is 20.9. The summed E-state index contributed by atoms with van der Waals surface area (Å²) in [6.45, 7) is 4.24. The van der Waals surface area contributed by atoms with Gasteiger partial charge in [0.1, 0.15) is 11.5 Å². The van der Waals surface area contributed by atoms with Crippen LogP contribution in [0.15, 0.2) is 48.9 Å². The Bertz CT molecular complexity index is 1530. The van der Waals surface area contributed by atoms with Gasteiger partial charge < -0.3 is 15.6 Å². The van der Waals surface area contributed by atoms with Crippen LogP contribution < -0.4 is 10.6 Å². The van der Waals surface area contributed by atoms with E-state index in [-0.39, 0.29) is 0 Å². The molecule has 0 unspecified atom stereocenters. The van der Waals surface area contributed by atoms with Gasteiger partial charge in [-0.15, -0.1) is 0 Å². The van der Waals surface area contributed by atoms with Gasteiger partial charge in [-0.05, 0) is 48.9 Å². The molecule has 7 nitrogen and oxygen atoms in total. The molecule has 170 valence electrons. The molecule has 4 aromatic heterocycles. The molecule has 1 saturated heterocycles. The van der Waals surface area contributed by atoms with Crippen molar-refractivity contribution in [2.45, 2.75) is 38.1 Å². The van der Waals surface area contributed by atoms with Gasteiger partial charge >= 0.3 is 0 Å². The zero-order chi connectivity index (χ0) is 22.6. The molecule has 0 bridgehead atoms. The third-order valence-corrected chi connectivity index (χ3v) is 7.66. The highest BCUT2D eigenvalue weighted by Crippen LogP contribution is 2.42. The summed E-state index contributed by atoms with van der Waals surface area (Å²) in [4.78, 5) is 22.9. The second-order valence-electron chi connectivity index (χ2n) is 9.79. The Kier molecular flexibility index (Phi) is 4.52. The number of para-hydroxylation sites is 1. The van der Waals surface area contributed by atoms with Gasteiger partial charge in [0.25, 0.3) is 0 Å². The smallest absolute Gasteiger partial charge is 0.163 e. The maximum atomic E-state index is 5.19. The topological polar surface area (TPSA) is 91.4 Å². The van der Waals surface area contributed by atoms with Crippen LogP contribution >= 0.6 is 0 Å². The van der Waals surface area contributed by atoms with Gasteiger partial charge in [-0.2, -0.15) is 0 Å². The van der Waals surface area contributed by atoms with Crippen LogP contribution in [-0.4, -0.2) is 44.1 Å². The van der Waals surface area contributed by atoms with E-state index in [1.807, 2.05) is 30.7 Å². The molecule has 5 heterocycles. The van der Waals surface area contributed by atoms with E-state index in [0.717, 1.165) is 57.3 Å². The number of H-pyrrole nitrogens is 1. The molecule has 0 spiro atoms. The van der Waals surface area contributed by atoms with E-state index in [2.05, 4.69) is 50.7 Å². The summed E-state index contributed by atoms with van der Waals surface area (Å²) in [5.41, 5.74) is 5.09. The standard InChI is InChI=1S/C27H27N7/c1-15-11-28-13-21(15)32-27-24-19(16-5-4-6-16)12-29-14-22(24)33-25(34-27)18-9-10-30-26-23(18)17-7-2-3-8-20(17)31-26/h2-3,7-10,12,14-16,21,28H,4-6,11,13H2,1H3,(H,30,31)(H,32,33,34)/t15-,21+/m1/s1. The Labute approximate surface area is 197 Å². The zero-order valence-corrected chi connectivity index (χ0v) is 19.2. The quantitative estimate of drug-likeness (QED) is 0.357. The minimum Gasteiger partial charge on any atom is -0.365 e. The molecular formula is C27H27N7. The molecule has 34 heavy (non-hydrogen) atoms. The van der Waals surface area contributed by atoms with Crippen LogP contribution in [0.25, 0.3) is 44.2 Å². The number of aromatic nitrogens is 5. The summed E-state index contributed by atoms with van der Waals surface area (Å²) in [5.74, 6) is 2.71. The largest absolute Gasteiger partial charge is 0.365 e. The third-order valence-electron chi connectivity index (χ3n) is 7.66. The van der Waals surface area contributed by atoms with Crippen molar-refractivity contribution in [2.24, 2.45) is 5.92 Å².